The van der Waals surface area contributed by atoms with Crippen LogP contribution in [0.4, 0.5) is 5.69 Å². The Morgan fingerprint density at radius 2 is 1.84 bits per heavy atom. The van der Waals surface area contributed by atoms with E-state index in [0.717, 1.165) is 26.4 Å². The smallest absolute Gasteiger partial charge is 0.234 e. The lowest BCUT2D eigenvalue weighted by Gasteiger charge is -2.07. The van der Waals surface area contributed by atoms with Crippen LogP contribution in [0.2, 0.25) is 0 Å². The third-order valence-corrected chi connectivity index (χ3v) is 4.71. The fourth-order valence-corrected chi connectivity index (χ4v) is 3.16. The number of hydrogen-bond donors (Lipinski definition) is 1. The summed E-state index contributed by atoms with van der Waals surface area (Å²) in [4.78, 5) is 25.0. The Hall–Kier alpha value is -2.25. The lowest BCUT2D eigenvalue weighted by Crippen LogP contribution is -2.14. The molecule has 0 spiro atoms. The number of nitrogens with one attached hydrogen (secondary N) is 1. The zero-order chi connectivity index (χ0) is 17.6. The molecule has 0 fully saturated rings. The molecule has 1 amide bonds. The molecule has 0 saturated carbocycles. The van der Waals surface area contributed by atoms with Crippen molar-refractivity contribution in [2.75, 3.05) is 11.1 Å². The highest BCUT2D eigenvalue weighted by molar-refractivity contribution is 9.10. The molecular formula is C18H15BrN4OS. The maximum Gasteiger partial charge on any atom is 0.234 e. The average Bonchev–Trinajstić information content (AvgIpc) is 2.62. The number of amides is 1. The van der Waals surface area contributed by atoms with E-state index in [1.165, 1.54) is 11.8 Å². The van der Waals surface area contributed by atoms with Crippen molar-refractivity contribution in [3.8, 4) is 11.3 Å². The fourth-order valence-electron chi connectivity index (χ4n) is 2.15. The van der Waals surface area contributed by atoms with Crippen molar-refractivity contribution in [3.05, 3.63) is 65.2 Å². The van der Waals surface area contributed by atoms with E-state index in [1.807, 2.05) is 49.4 Å². The molecule has 0 aliphatic carbocycles. The summed E-state index contributed by atoms with van der Waals surface area (Å²) < 4.78 is 0.972. The van der Waals surface area contributed by atoms with Crippen LogP contribution in [0.3, 0.4) is 0 Å². The summed E-state index contributed by atoms with van der Waals surface area (Å²) in [6.07, 6.45) is 3.45. The number of benzene rings is 1. The molecule has 126 valence electrons. The molecule has 0 aliphatic heterocycles. The number of aryl methyl sites for hydroxylation is 1. The highest BCUT2D eigenvalue weighted by atomic mass is 79.9. The van der Waals surface area contributed by atoms with Gasteiger partial charge in [0.15, 0.2) is 0 Å². The monoisotopic (exact) mass is 414 g/mol. The van der Waals surface area contributed by atoms with Gasteiger partial charge in [0.05, 0.1) is 11.4 Å². The molecule has 0 aliphatic rings. The Kier molecular flexibility index (Phi) is 5.78. The van der Waals surface area contributed by atoms with Crippen molar-refractivity contribution in [1.29, 1.82) is 0 Å². The number of aromatic nitrogens is 3. The molecular weight excluding hydrogens is 400 g/mol. The molecule has 0 radical (unpaired) electrons. The SMILES string of the molecule is Cc1nc(SCC(=O)Nc2ccc(Br)cc2)cc(-c2ccncc2)n1. The van der Waals surface area contributed by atoms with Crippen LogP contribution in [0.25, 0.3) is 11.3 Å². The average molecular weight is 415 g/mol. The van der Waals surface area contributed by atoms with Crippen molar-refractivity contribution in [2.45, 2.75) is 11.9 Å². The van der Waals surface area contributed by atoms with E-state index < -0.39 is 0 Å². The van der Waals surface area contributed by atoms with E-state index in [4.69, 9.17) is 0 Å². The van der Waals surface area contributed by atoms with Crippen LogP contribution in [0.15, 0.2) is 64.4 Å². The van der Waals surface area contributed by atoms with E-state index in [9.17, 15) is 4.79 Å². The summed E-state index contributed by atoms with van der Waals surface area (Å²) in [5, 5.41) is 3.64. The number of halogens is 1. The molecule has 1 aromatic carbocycles. The molecule has 3 rings (SSSR count). The Morgan fingerprint density at radius 1 is 1.12 bits per heavy atom. The van der Waals surface area contributed by atoms with Gasteiger partial charge in [0, 0.05) is 28.1 Å². The fraction of sp³-hybridized carbons (Fsp3) is 0.111. The molecule has 0 saturated heterocycles. The molecule has 0 atom stereocenters. The molecule has 2 heterocycles. The van der Waals surface area contributed by atoms with Crippen molar-refractivity contribution in [1.82, 2.24) is 15.0 Å². The van der Waals surface area contributed by atoms with Crippen LogP contribution in [0, 0.1) is 6.92 Å². The van der Waals surface area contributed by atoms with Crippen LogP contribution in [0.5, 0.6) is 0 Å². The van der Waals surface area contributed by atoms with Crippen molar-refractivity contribution >= 4 is 39.3 Å². The van der Waals surface area contributed by atoms with Crippen LogP contribution < -0.4 is 5.32 Å². The van der Waals surface area contributed by atoms with Gasteiger partial charge in [-0.05, 0) is 49.4 Å². The number of nitrogens with zero attached hydrogens (tertiary/aromatic N) is 3. The normalized spacial score (nSPS) is 10.5. The lowest BCUT2D eigenvalue weighted by molar-refractivity contribution is -0.113. The Labute approximate surface area is 158 Å². The van der Waals surface area contributed by atoms with Crippen molar-refractivity contribution < 1.29 is 4.79 Å². The first kappa shape index (κ1) is 17.6. The molecule has 7 heteroatoms. The Bertz CT molecular complexity index is 872. The van der Waals surface area contributed by atoms with Crippen molar-refractivity contribution in [2.24, 2.45) is 0 Å². The first-order valence-corrected chi connectivity index (χ1v) is 9.32. The number of pyridine rings is 1. The maximum absolute atomic E-state index is 12.1. The summed E-state index contributed by atoms with van der Waals surface area (Å²) in [7, 11) is 0. The standard InChI is InChI=1S/C18H15BrN4OS/c1-12-21-16(13-6-8-20-9-7-13)10-18(22-12)25-11-17(24)23-15-4-2-14(19)3-5-15/h2-10H,11H2,1H3,(H,23,24). The lowest BCUT2D eigenvalue weighted by atomic mass is 10.2. The summed E-state index contributed by atoms with van der Waals surface area (Å²) >= 11 is 4.76. The van der Waals surface area contributed by atoms with Gasteiger partial charge in [-0.1, -0.05) is 27.7 Å². The number of hydrogen-bond acceptors (Lipinski definition) is 5. The van der Waals surface area contributed by atoms with Gasteiger partial charge in [-0.15, -0.1) is 0 Å². The van der Waals surface area contributed by atoms with Gasteiger partial charge < -0.3 is 5.32 Å². The van der Waals surface area contributed by atoms with Crippen LogP contribution in [-0.2, 0) is 4.79 Å². The molecule has 5 nitrogen and oxygen atoms in total. The van der Waals surface area contributed by atoms with Gasteiger partial charge in [-0.3, -0.25) is 9.78 Å². The highest BCUT2D eigenvalue weighted by Gasteiger charge is 2.08. The van der Waals surface area contributed by atoms with E-state index in [2.05, 4.69) is 36.2 Å². The molecule has 0 unspecified atom stereocenters. The Morgan fingerprint density at radius 3 is 2.56 bits per heavy atom. The maximum atomic E-state index is 12.1. The molecule has 3 aromatic rings. The second-order valence-corrected chi connectivity index (χ2v) is 7.13. The minimum Gasteiger partial charge on any atom is -0.325 e. The topological polar surface area (TPSA) is 67.8 Å². The van der Waals surface area contributed by atoms with Gasteiger partial charge in [0.25, 0.3) is 0 Å². The third-order valence-electron chi connectivity index (χ3n) is 3.27. The number of anilines is 1. The number of thioether (sulfide) groups is 1. The van der Waals surface area contributed by atoms with Crippen LogP contribution in [0.1, 0.15) is 5.82 Å². The summed E-state index contributed by atoms with van der Waals surface area (Å²) in [6.45, 7) is 1.84. The van der Waals surface area contributed by atoms with Gasteiger partial charge in [0.1, 0.15) is 10.9 Å². The highest BCUT2D eigenvalue weighted by Crippen LogP contribution is 2.23. The minimum absolute atomic E-state index is 0.0750. The summed E-state index contributed by atoms with van der Waals surface area (Å²) in [5.74, 6) is 0.877. The van der Waals surface area contributed by atoms with Crippen LogP contribution >= 0.6 is 27.7 Å². The zero-order valence-electron chi connectivity index (χ0n) is 13.4. The second-order valence-electron chi connectivity index (χ2n) is 5.22. The third kappa shape index (κ3) is 5.11. The molecule has 1 N–H and O–H groups in total. The predicted octanol–water partition coefficient (Wildman–Crippen LogP) is 4.34. The van der Waals surface area contributed by atoms with E-state index >= 15 is 0 Å². The van der Waals surface area contributed by atoms with Crippen molar-refractivity contribution in [3.63, 3.8) is 0 Å². The largest absolute Gasteiger partial charge is 0.325 e. The van der Waals surface area contributed by atoms with E-state index in [0.29, 0.717) is 5.82 Å². The molecule has 25 heavy (non-hydrogen) atoms. The molecule has 2 aromatic heterocycles. The first-order valence-electron chi connectivity index (χ1n) is 7.54. The van der Waals surface area contributed by atoms with Gasteiger partial charge in [-0.2, -0.15) is 0 Å². The van der Waals surface area contributed by atoms with Gasteiger partial charge >= 0.3 is 0 Å². The summed E-state index contributed by atoms with van der Waals surface area (Å²) in [6, 6.07) is 13.2. The van der Waals surface area contributed by atoms with Crippen LogP contribution in [-0.4, -0.2) is 26.6 Å². The second kappa shape index (κ2) is 8.22. The van der Waals surface area contributed by atoms with E-state index in [1.54, 1.807) is 12.4 Å². The minimum atomic E-state index is -0.0750. The number of rotatable bonds is 5. The number of carbonyl (C=O) groups is 1. The quantitative estimate of drug-likeness (QED) is 0.496. The molecule has 0 bridgehead atoms. The zero-order valence-corrected chi connectivity index (χ0v) is 15.8. The number of carbonyl (C=O) groups excluding carboxylic acids is 1. The summed E-state index contributed by atoms with van der Waals surface area (Å²) in [5.41, 5.74) is 2.57. The van der Waals surface area contributed by atoms with Gasteiger partial charge in [-0.25, -0.2) is 9.97 Å². The van der Waals surface area contributed by atoms with E-state index in [-0.39, 0.29) is 11.7 Å². The van der Waals surface area contributed by atoms with Gasteiger partial charge in [0.2, 0.25) is 5.91 Å². The first-order chi connectivity index (χ1) is 12.1. The predicted molar refractivity (Wildman–Crippen MR) is 103 cm³/mol. The Balaban J connectivity index is 1.65.